The predicted octanol–water partition coefficient (Wildman–Crippen LogP) is 3.16. The molecule has 0 aliphatic carbocycles. The van der Waals surface area contributed by atoms with Gasteiger partial charge in [-0.3, -0.25) is 4.90 Å². The maximum absolute atomic E-state index is 13.3. The third-order valence-corrected chi connectivity index (χ3v) is 3.56. The van der Waals surface area contributed by atoms with Crippen molar-refractivity contribution in [1.29, 1.82) is 0 Å². The lowest BCUT2D eigenvalue weighted by Gasteiger charge is -2.35. The van der Waals surface area contributed by atoms with Crippen LogP contribution < -0.4 is 5.32 Å². The molecule has 1 aromatic carbocycles. The Morgan fingerprint density at radius 1 is 1.25 bits per heavy atom. The van der Waals surface area contributed by atoms with E-state index in [1.165, 1.54) is 6.07 Å². The van der Waals surface area contributed by atoms with Crippen LogP contribution in [0.4, 0.5) is 13.2 Å². The van der Waals surface area contributed by atoms with E-state index in [0.717, 1.165) is 31.7 Å². The van der Waals surface area contributed by atoms with Gasteiger partial charge in [-0.15, -0.1) is 12.4 Å². The van der Waals surface area contributed by atoms with Crippen LogP contribution in [0.3, 0.4) is 0 Å². The van der Waals surface area contributed by atoms with Crippen LogP contribution in [0.2, 0.25) is 0 Å². The number of hydrogen-bond acceptors (Lipinski definition) is 2. The molecule has 0 unspecified atom stereocenters. The SMILES string of the molecule is Cc1cc([C@@H](CC(F)F)N2CCNCC2)ccc1F.Cl. The number of aryl methyl sites for hydroxylation is 1. The van der Waals surface area contributed by atoms with Crippen LogP contribution in [0.1, 0.15) is 23.6 Å². The molecular formula is C14H20ClF3N2. The van der Waals surface area contributed by atoms with E-state index in [4.69, 9.17) is 0 Å². The Kier molecular flexibility index (Phi) is 6.79. The summed E-state index contributed by atoms with van der Waals surface area (Å²) in [5, 5.41) is 3.21. The third-order valence-electron chi connectivity index (χ3n) is 3.56. The Morgan fingerprint density at radius 3 is 2.45 bits per heavy atom. The minimum Gasteiger partial charge on any atom is -0.314 e. The zero-order chi connectivity index (χ0) is 13.8. The van der Waals surface area contributed by atoms with Crippen LogP contribution in [0.25, 0.3) is 0 Å². The summed E-state index contributed by atoms with van der Waals surface area (Å²) in [5.74, 6) is -0.292. The highest BCUT2D eigenvalue weighted by molar-refractivity contribution is 5.85. The third kappa shape index (κ3) is 4.36. The molecule has 114 valence electrons. The maximum Gasteiger partial charge on any atom is 0.240 e. The number of nitrogens with zero attached hydrogens (tertiary/aromatic N) is 1. The van der Waals surface area contributed by atoms with Crippen molar-refractivity contribution in [2.24, 2.45) is 0 Å². The summed E-state index contributed by atoms with van der Waals surface area (Å²) < 4.78 is 38.9. The summed E-state index contributed by atoms with van der Waals surface area (Å²) in [6.45, 7) is 4.76. The second kappa shape index (κ2) is 7.86. The fraction of sp³-hybridized carbons (Fsp3) is 0.571. The van der Waals surface area contributed by atoms with E-state index in [1.54, 1.807) is 19.1 Å². The van der Waals surface area contributed by atoms with E-state index >= 15 is 0 Å². The molecule has 1 fully saturated rings. The standard InChI is InChI=1S/C14H19F3N2.ClH/c1-10-8-11(2-3-12(10)15)13(9-14(16)17)19-6-4-18-5-7-19;/h2-3,8,13-14,18H,4-7,9H2,1H3;1H/t13-;/m1./s1. The highest BCUT2D eigenvalue weighted by atomic mass is 35.5. The van der Waals surface area contributed by atoms with Crippen molar-refractivity contribution < 1.29 is 13.2 Å². The van der Waals surface area contributed by atoms with Crippen molar-refractivity contribution in [3.8, 4) is 0 Å². The number of hydrogen-bond donors (Lipinski definition) is 1. The van der Waals surface area contributed by atoms with Gasteiger partial charge in [0.15, 0.2) is 0 Å². The number of alkyl halides is 2. The summed E-state index contributed by atoms with van der Waals surface area (Å²) in [5.41, 5.74) is 1.29. The van der Waals surface area contributed by atoms with Crippen molar-refractivity contribution >= 4 is 12.4 Å². The first-order chi connectivity index (χ1) is 9.08. The topological polar surface area (TPSA) is 15.3 Å². The molecule has 20 heavy (non-hydrogen) atoms. The largest absolute Gasteiger partial charge is 0.314 e. The van der Waals surface area contributed by atoms with Crippen molar-refractivity contribution in [2.45, 2.75) is 25.8 Å². The second-order valence-electron chi connectivity index (χ2n) is 4.94. The zero-order valence-electron chi connectivity index (χ0n) is 11.4. The van der Waals surface area contributed by atoms with Gasteiger partial charge in [-0.1, -0.05) is 12.1 Å². The highest BCUT2D eigenvalue weighted by Crippen LogP contribution is 2.28. The molecular weight excluding hydrogens is 289 g/mol. The zero-order valence-corrected chi connectivity index (χ0v) is 12.2. The van der Waals surface area contributed by atoms with Crippen LogP contribution in [0, 0.1) is 12.7 Å². The van der Waals surface area contributed by atoms with Gasteiger partial charge in [0.2, 0.25) is 6.43 Å². The molecule has 0 saturated carbocycles. The molecule has 1 saturated heterocycles. The summed E-state index contributed by atoms with van der Waals surface area (Å²) in [6.07, 6.45) is -2.56. The molecule has 1 atom stereocenters. The van der Waals surface area contributed by atoms with Gasteiger partial charge in [-0.25, -0.2) is 13.2 Å². The Bertz CT molecular complexity index is 423. The lowest BCUT2D eigenvalue weighted by molar-refractivity contribution is 0.0739. The number of nitrogens with one attached hydrogen (secondary N) is 1. The van der Waals surface area contributed by atoms with Crippen LogP contribution >= 0.6 is 12.4 Å². The molecule has 1 heterocycles. The molecule has 2 nitrogen and oxygen atoms in total. The molecule has 0 spiro atoms. The lowest BCUT2D eigenvalue weighted by atomic mass is 9.99. The van der Waals surface area contributed by atoms with Gasteiger partial charge in [0.05, 0.1) is 0 Å². The summed E-state index contributed by atoms with van der Waals surface area (Å²) in [6, 6.07) is 4.34. The van der Waals surface area contributed by atoms with E-state index in [2.05, 4.69) is 10.2 Å². The van der Waals surface area contributed by atoms with Crippen molar-refractivity contribution in [3.05, 3.63) is 35.1 Å². The summed E-state index contributed by atoms with van der Waals surface area (Å²) >= 11 is 0. The fourth-order valence-corrected chi connectivity index (χ4v) is 2.53. The number of piperazine rings is 1. The number of halogens is 4. The van der Waals surface area contributed by atoms with Gasteiger partial charge < -0.3 is 5.32 Å². The minimum absolute atomic E-state index is 0. The van der Waals surface area contributed by atoms with Gasteiger partial charge in [-0.2, -0.15) is 0 Å². The average Bonchev–Trinajstić information content (AvgIpc) is 2.40. The molecule has 1 aliphatic heterocycles. The summed E-state index contributed by atoms with van der Waals surface area (Å²) in [4.78, 5) is 2.05. The van der Waals surface area contributed by atoms with E-state index in [1.807, 2.05) is 0 Å². The first kappa shape index (κ1) is 17.3. The molecule has 1 aromatic rings. The van der Waals surface area contributed by atoms with Crippen molar-refractivity contribution in [3.63, 3.8) is 0 Å². The molecule has 0 radical (unpaired) electrons. The van der Waals surface area contributed by atoms with Crippen molar-refractivity contribution in [2.75, 3.05) is 26.2 Å². The van der Waals surface area contributed by atoms with Gasteiger partial charge in [-0.05, 0) is 24.1 Å². The summed E-state index contributed by atoms with van der Waals surface area (Å²) in [7, 11) is 0. The van der Waals surface area contributed by atoms with Crippen molar-refractivity contribution in [1.82, 2.24) is 10.2 Å². The van der Waals surface area contributed by atoms with Crippen LogP contribution in [-0.2, 0) is 0 Å². The maximum atomic E-state index is 13.3. The van der Waals surface area contributed by atoms with Gasteiger partial charge in [0.25, 0.3) is 0 Å². The highest BCUT2D eigenvalue weighted by Gasteiger charge is 2.25. The Morgan fingerprint density at radius 2 is 1.90 bits per heavy atom. The van der Waals surface area contributed by atoms with Gasteiger partial charge in [0, 0.05) is 38.6 Å². The Labute approximate surface area is 123 Å². The van der Waals surface area contributed by atoms with Crippen LogP contribution in [-0.4, -0.2) is 37.5 Å². The monoisotopic (exact) mass is 308 g/mol. The lowest BCUT2D eigenvalue weighted by Crippen LogP contribution is -2.45. The molecule has 1 aliphatic rings. The van der Waals surface area contributed by atoms with Gasteiger partial charge in [0.1, 0.15) is 5.82 Å². The average molecular weight is 309 g/mol. The molecule has 2 rings (SSSR count). The van der Waals surface area contributed by atoms with E-state index < -0.39 is 6.43 Å². The predicted molar refractivity (Wildman–Crippen MR) is 76.2 cm³/mol. The first-order valence-electron chi connectivity index (χ1n) is 6.57. The van der Waals surface area contributed by atoms with Crippen LogP contribution in [0.15, 0.2) is 18.2 Å². The smallest absolute Gasteiger partial charge is 0.240 e. The molecule has 0 bridgehead atoms. The Hall–Kier alpha value is -0.780. The Balaban J connectivity index is 0.00000200. The number of rotatable bonds is 4. The number of benzene rings is 1. The molecule has 0 aromatic heterocycles. The first-order valence-corrected chi connectivity index (χ1v) is 6.57. The van der Waals surface area contributed by atoms with Gasteiger partial charge >= 0.3 is 0 Å². The fourth-order valence-electron chi connectivity index (χ4n) is 2.53. The molecule has 1 N–H and O–H groups in total. The minimum atomic E-state index is -2.36. The van der Waals surface area contributed by atoms with E-state index in [0.29, 0.717) is 5.56 Å². The normalized spacial score (nSPS) is 17.9. The quantitative estimate of drug-likeness (QED) is 0.919. The molecule has 6 heteroatoms. The molecule has 0 amide bonds. The second-order valence-corrected chi connectivity index (χ2v) is 4.94. The van der Waals surface area contributed by atoms with E-state index in [-0.39, 0.29) is 30.7 Å². The van der Waals surface area contributed by atoms with E-state index in [9.17, 15) is 13.2 Å². The van der Waals surface area contributed by atoms with Crippen LogP contribution in [0.5, 0.6) is 0 Å².